The summed E-state index contributed by atoms with van der Waals surface area (Å²) in [4.78, 5) is 16.3. The number of hydrogen-bond acceptors (Lipinski definition) is 4. The number of imidazole rings is 2. The Bertz CT molecular complexity index is 1370. The van der Waals surface area contributed by atoms with Crippen LogP contribution in [0.15, 0.2) is 60.9 Å². The van der Waals surface area contributed by atoms with Crippen molar-refractivity contribution in [2.45, 2.75) is 52.6 Å². The van der Waals surface area contributed by atoms with E-state index in [1.165, 1.54) is 0 Å². The van der Waals surface area contributed by atoms with Gasteiger partial charge in [0.05, 0.1) is 35.9 Å². The van der Waals surface area contributed by atoms with Crippen LogP contribution in [0.25, 0.3) is 22.5 Å². The quantitative estimate of drug-likeness (QED) is 0.258. The first-order valence-corrected chi connectivity index (χ1v) is 13.5. The van der Waals surface area contributed by atoms with Gasteiger partial charge in [-0.25, -0.2) is 9.97 Å². The van der Waals surface area contributed by atoms with Crippen LogP contribution in [0, 0.1) is 22.7 Å². The van der Waals surface area contributed by atoms with Gasteiger partial charge in [-0.1, -0.05) is 63.8 Å². The molecule has 2 aliphatic heterocycles. The Kier molecular flexibility index (Phi) is 6.22. The van der Waals surface area contributed by atoms with E-state index in [1.807, 2.05) is 12.4 Å². The maximum absolute atomic E-state index is 4.64. The van der Waals surface area contributed by atoms with Gasteiger partial charge in [0, 0.05) is 24.2 Å². The van der Waals surface area contributed by atoms with E-state index in [-0.39, 0.29) is 0 Å². The van der Waals surface area contributed by atoms with Gasteiger partial charge in [-0.3, -0.25) is 0 Å². The average Bonchev–Trinajstić information content (AvgIpc) is 3.70. The lowest BCUT2D eigenvalue weighted by Gasteiger charge is -2.14. The molecule has 0 unspecified atom stereocenters. The van der Waals surface area contributed by atoms with E-state index in [2.05, 4.69) is 119 Å². The zero-order valence-electron chi connectivity index (χ0n) is 22.7. The van der Waals surface area contributed by atoms with E-state index in [4.69, 9.17) is 0 Å². The van der Waals surface area contributed by atoms with Crippen LogP contribution in [0.4, 0.5) is 0 Å². The van der Waals surface area contributed by atoms with Gasteiger partial charge < -0.3 is 20.6 Å². The molecule has 2 aromatic heterocycles. The van der Waals surface area contributed by atoms with E-state index >= 15 is 0 Å². The summed E-state index contributed by atoms with van der Waals surface area (Å²) in [6.07, 6.45) is 6.04. The molecule has 0 radical (unpaired) electrons. The van der Waals surface area contributed by atoms with Crippen LogP contribution in [-0.4, -0.2) is 33.0 Å². The molecule has 194 valence electrons. The second-order valence-electron chi connectivity index (χ2n) is 12.4. The number of aromatic nitrogens is 4. The van der Waals surface area contributed by atoms with Crippen LogP contribution in [0.5, 0.6) is 0 Å². The minimum atomic E-state index is 0.294. The molecule has 0 saturated carbocycles. The second kappa shape index (κ2) is 9.58. The van der Waals surface area contributed by atoms with Crippen molar-refractivity contribution in [2.75, 3.05) is 13.1 Å². The Morgan fingerprint density at radius 2 is 1.03 bits per heavy atom. The third kappa shape index (κ3) is 5.31. The van der Waals surface area contributed by atoms with Crippen molar-refractivity contribution in [3.05, 3.63) is 83.7 Å². The van der Waals surface area contributed by atoms with E-state index in [0.717, 1.165) is 71.2 Å². The molecule has 2 aromatic carbocycles. The highest BCUT2D eigenvalue weighted by Gasteiger charge is 2.33. The molecule has 2 atom stereocenters. The number of rotatable bonds is 4. The fraction of sp³-hybridized carbons (Fsp3) is 0.375. The lowest BCUT2D eigenvalue weighted by Crippen LogP contribution is -2.17. The highest BCUT2D eigenvalue weighted by Crippen LogP contribution is 2.36. The summed E-state index contributed by atoms with van der Waals surface area (Å²) in [6, 6.07) is 17.3. The van der Waals surface area contributed by atoms with Crippen LogP contribution in [0.3, 0.4) is 0 Å². The van der Waals surface area contributed by atoms with Crippen molar-refractivity contribution in [1.29, 1.82) is 0 Å². The van der Waals surface area contributed by atoms with Crippen molar-refractivity contribution in [3.8, 4) is 34.4 Å². The zero-order chi connectivity index (χ0) is 26.3. The molecular formula is C32H36N6. The predicted molar refractivity (Wildman–Crippen MR) is 152 cm³/mol. The minimum Gasteiger partial charge on any atom is -0.341 e. The van der Waals surface area contributed by atoms with Gasteiger partial charge in [-0.15, -0.1) is 0 Å². The fourth-order valence-electron chi connectivity index (χ4n) is 5.51. The maximum Gasteiger partial charge on any atom is 0.123 e. The third-order valence-electron chi connectivity index (χ3n) is 7.76. The summed E-state index contributed by atoms with van der Waals surface area (Å²) < 4.78 is 0. The Hall–Kier alpha value is -3.66. The molecular weight excluding hydrogens is 468 g/mol. The summed E-state index contributed by atoms with van der Waals surface area (Å²) in [7, 11) is 0. The van der Waals surface area contributed by atoms with Crippen molar-refractivity contribution in [3.63, 3.8) is 0 Å². The molecule has 6 nitrogen and oxygen atoms in total. The topological polar surface area (TPSA) is 81.4 Å². The van der Waals surface area contributed by atoms with Gasteiger partial charge in [-0.2, -0.15) is 0 Å². The van der Waals surface area contributed by atoms with Gasteiger partial charge in [0.25, 0.3) is 0 Å². The van der Waals surface area contributed by atoms with Gasteiger partial charge in [0.15, 0.2) is 0 Å². The molecule has 0 aliphatic carbocycles. The lowest BCUT2D eigenvalue weighted by atomic mass is 9.90. The first kappa shape index (κ1) is 24.7. The summed E-state index contributed by atoms with van der Waals surface area (Å²) in [5.74, 6) is 8.62. The summed E-state index contributed by atoms with van der Waals surface area (Å²) in [5.41, 5.74) is 6.91. The number of nitrogens with zero attached hydrogens (tertiary/aromatic N) is 2. The van der Waals surface area contributed by atoms with Crippen molar-refractivity contribution < 1.29 is 0 Å². The van der Waals surface area contributed by atoms with Crippen LogP contribution in [0.1, 0.15) is 75.4 Å². The third-order valence-corrected chi connectivity index (χ3v) is 7.76. The van der Waals surface area contributed by atoms with Gasteiger partial charge >= 0.3 is 0 Å². The number of hydrogen-bond donors (Lipinski definition) is 4. The molecule has 0 amide bonds. The summed E-state index contributed by atoms with van der Waals surface area (Å²) >= 11 is 0. The van der Waals surface area contributed by atoms with Gasteiger partial charge in [0.1, 0.15) is 11.6 Å². The van der Waals surface area contributed by atoms with E-state index in [0.29, 0.717) is 22.9 Å². The lowest BCUT2D eigenvalue weighted by molar-refractivity contribution is 0.401. The molecule has 2 fully saturated rings. The van der Waals surface area contributed by atoms with Crippen molar-refractivity contribution in [1.82, 2.24) is 30.6 Å². The number of H-pyrrole nitrogens is 2. The summed E-state index contributed by atoms with van der Waals surface area (Å²) in [5, 5.41) is 7.16. The molecule has 2 saturated heterocycles. The molecule has 6 heteroatoms. The molecule has 0 spiro atoms. The van der Waals surface area contributed by atoms with Gasteiger partial charge in [0.2, 0.25) is 0 Å². The average molecular weight is 505 g/mol. The zero-order valence-corrected chi connectivity index (χ0v) is 22.7. The largest absolute Gasteiger partial charge is 0.341 e. The Balaban J connectivity index is 1.09. The minimum absolute atomic E-state index is 0.294. The Morgan fingerprint density at radius 3 is 1.37 bits per heavy atom. The highest BCUT2D eigenvalue weighted by molar-refractivity contribution is 5.62. The smallest absolute Gasteiger partial charge is 0.123 e. The van der Waals surface area contributed by atoms with E-state index < -0.39 is 0 Å². The molecule has 2 aliphatic rings. The normalized spacial score (nSPS) is 21.8. The first-order valence-electron chi connectivity index (χ1n) is 13.5. The summed E-state index contributed by atoms with van der Waals surface area (Å²) in [6.45, 7) is 11.2. The second-order valence-corrected chi connectivity index (χ2v) is 12.4. The number of benzene rings is 2. The van der Waals surface area contributed by atoms with Crippen molar-refractivity contribution >= 4 is 0 Å². The number of nitrogens with one attached hydrogen (secondary N) is 4. The highest BCUT2D eigenvalue weighted by atomic mass is 15.1. The van der Waals surface area contributed by atoms with Crippen LogP contribution < -0.4 is 10.6 Å². The number of aromatic amines is 2. The fourth-order valence-corrected chi connectivity index (χ4v) is 5.51. The molecule has 4 heterocycles. The SMILES string of the molecule is CC1(C)CN[C@H](c2ncc(-c3ccc(C#Cc4ccc(-c5cnc([C@@H]6CC(C)(C)CN6)[nH]5)cc4)cc3)[nH]2)C1. The van der Waals surface area contributed by atoms with Crippen LogP contribution in [-0.2, 0) is 0 Å². The maximum atomic E-state index is 4.64. The predicted octanol–water partition coefficient (Wildman–Crippen LogP) is 5.99. The standard InChI is InChI=1S/C32H36N6/c1-31(2)15-25(35-19-31)29-33-17-27(37-29)23-11-7-21(8-12-23)5-6-22-9-13-24(14-10-22)28-18-34-30(38-28)26-16-32(3,4)20-36-26/h7-14,17-18,25-26,35-36H,15-16,19-20H2,1-4H3,(H,33,37)(H,34,38)/t25-,26-/m0/s1. The molecule has 4 aromatic rings. The Morgan fingerprint density at radius 1 is 0.632 bits per heavy atom. The van der Waals surface area contributed by atoms with E-state index in [1.54, 1.807) is 0 Å². The van der Waals surface area contributed by atoms with E-state index in [9.17, 15) is 0 Å². The first-order chi connectivity index (χ1) is 18.2. The molecule has 6 rings (SSSR count). The van der Waals surface area contributed by atoms with Crippen LogP contribution >= 0.6 is 0 Å². The van der Waals surface area contributed by atoms with Gasteiger partial charge in [-0.05, 0) is 59.1 Å². The molecule has 0 bridgehead atoms. The molecule has 4 N–H and O–H groups in total. The monoisotopic (exact) mass is 504 g/mol. The van der Waals surface area contributed by atoms with Crippen LogP contribution in [0.2, 0.25) is 0 Å². The molecule has 38 heavy (non-hydrogen) atoms. The Labute approximate surface area is 225 Å². The van der Waals surface area contributed by atoms with Crippen molar-refractivity contribution in [2.24, 2.45) is 10.8 Å².